The van der Waals surface area contributed by atoms with Crippen LogP contribution >= 0.6 is 0 Å². The van der Waals surface area contributed by atoms with Crippen LogP contribution in [0.4, 0.5) is 0 Å². The molecule has 0 amide bonds. The van der Waals surface area contributed by atoms with Crippen molar-refractivity contribution in [1.29, 1.82) is 0 Å². The Morgan fingerprint density at radius 3 is 2.60 bits per heavy atom. The van der Waals surface area contributed by atoms with Crippen molar-refractivity contribution in [3.63, 3.8) is 0 Å². The van der Waals surface area contributed by atoms with Crippen LogP contribution in [0.25, 0.3) is 0 Å². The summed E-state index contributed by atoms with van der Waals surface area (Å²) in [5, 5.41) is 0. The molecule has 0 bridgehead atoms. The van der Waals surface area contributed by atoms with Crippen molar-refractivity contribution in [2.45, 2.75) is 13.8 Å². The van der Waals surface area contributed by atoms with Crippen LogP contribution in [0.5, 0.6) is 5.88 Å². The standard InChI is InChI=1S/C10H14N2O3/c1-7(2)6-15-9-5-11-8(4-12-9)10(13)14-3/h4-5,7H,6H2,1-3H3. The second-order valence-corrected chi connectivity index (χ2v) is 3.44. The summed E-state index contributed by atoms with van der Waals surface area (Å²) < 4.78 is 9.80. The molecule has 0 N–H and O–H groups in total. The summed E-state index contributed by atoms with van der Waals surface area (Å²) in [6.45, 7) is 4.65. The maximum Gasteiger partial charge on any atom is 0.358 e. The Labute approximate surface area is 88.4 Å². The van der Waals surface area contributed by atoms with Gasteiger partial charge < -0.3 is 9.47 Å². The first-order valence-corrected chi connectivity index (χ1v) is 4.66. The molecule has 1 aromatic rings. The monoisotopic (exact) mass is 210 g/mol. The Morgan fingerprint density at radius 1 is 1.40 bits per heavy atom. The quantitative estimate of drug-likeness (QED) is 0.701. The number of carbonyl (C=O) groups is 1. The fourth-order valence-electron chi connectivity index (χ4n) is 0.853. The molecule has 0 spiro atoms. The van der Waals surface area contributed by atoms with Crippen LogP contribution < -0.4 is 4.74 Å². The third-order valence-electron chi connectivity index (χ3n) is 1.59. The number of nitrogens with zero attached hydrogens (tertiary/aromatic N) is 2. The van der Waals surface area contributed by atoms with E-state index in [0.29, 0.717) is 18.4 Å². The molecule has 0 aliphatic heterocycles. The molecule has 5 heteroatoms. The zero-order valence-corrected chi connectivity index (χ0v) is 9.06. The third-order valence-corrected chi connectivity index (χ3v) is 1.59. The van der Waals surface area contributed by atoms with Gasteiger partial charge in [0.05, 0.1) is 26.1 Å². The summed E-state index contributed by atoms with van der Waals surface area (Å²) in [7, 11) is 1.30. The average molecular weight is 210 g/mol. The van der Waals surface area contributed by atoms with Gasteiger partial charge >= 0.3 is 5.97 Å². The molecule has 5 nitrogen and oxygen atoms in total. The van der Waals surface area contributed by atoms with E-state index in [1.54, 1.807) is 0 Å². The summed E-state index contributed by atoms with van der Waals surface area (Å²) in [5.41, 5.74) is 0.175. The first-order valence-electron chi connectivity index (χ1n) is 4.66. The molecule has 0 saturated heterocycles. The highest BCUT2D eigenvalue weighted by Gasteiger charge is 2.07. The summed E-state index contributed by atoms with van der Waals surface area (Å²) in [6, 6.07) is 0. The number of methoxy groups -OCH3 is 1. The molecule has 0 radical (unpaired) electrons. The molecule has 0 aliphatic carbocycles. The van der Waals surface area contributed by atoms with Crippen LogP contribution in [0.15, 0.2) is 12.4 Å². The molecule has 0 saturated carbocycles. The molecule has 0 aliphatic rings. The van der Waals surface area contributed by atoms with E-state index in [0.717, 1.165) is 0 Å². The van der Waals surface area contributed by atoms with Gasteiger partial charge in [0, 0.05) is 0 Å². The Morgan fingerprint density at radius 2 is 2.13 bits per heavy atom. The van der Waals surface area contributed by atoms with Gasteiger partial charge in [0.2, 0.25) is 5.88 Å². The van der Waals surface area contributed by atoms with Crippen molar-refractivity contribution in [1.82, 2.24) is 9.97 Å². The van der Waals surface area contributed by atoms with Gasteiger partial charge in [0.1, 0.15) is 0 Å². The van der Waals surface area contributed by atoms with Crippen LogP contribution in [0, 0.1) is 5.92 Å². The van der Waals surface area contributed by atoms with Gasteiger partial charge in [0.25, 0.3) is 0 Å². The molecule has 0 unspecified atom stereocenters. The molecular weight excluding hydrogens is 196 g/mol. The highest BCUT2D eigenvalue weighted by atomic mass is 16.5. The van der Waals surface area contributed by atoms with Gasteiger partial charge in [-0.2, -0.15) is 0 Å². The molecule has 15 heavy (non-hydrogen) atoms. The van der Waals surface area contributed by atoms with Crippen molar-refractivity contribution in [2.24, 2.45) is 5.92 Å². The minimum Gasteiger partial charge on any atom is -0.476 e. The van der Waals surface area contributed by atoms with Crippen molar-refractivity contribution in [3.05, 3.63) is 18.1 Å². The SMILES string of the molecule is COC(=O)c1cnc(OCC(C)C)cn1. The number of hydrogen-bond acceptors (Lipinski definition) is 5. The summed E-state index contributed by atoms with van der Waals surface area (Å²) in [4.78, 5) is 18.8. The Kier molecular flexibility index (Phi) is 4.03. The van der Waals surface area contributed by atoms with Crippen molar-refractivity contribution >= 4 is 5.97 Å². The Balaban J connectivity index is 2.60. The molecule has 0 aromatic carbocycles. The minimum atomic E-state index is -0.502. The highest BCUT2D eigenvalue weighted by molar-refractivity contribution is 5.86. The molecule has 1 rings (SSSR count). The first kappa shape index (κ1) is 11.4. The number of aromatic nitrogens is 2. The zero-order chi connectivity index (χ0) is 11.3. The van der Waals surface area contributed by atoms with E-state index in [1.165, 1.54) is 19.5 Å². The van der Waals surface area contributed by atoms with Crippen LogP contribution in [0.1, 0.15) is 24.3 Å². The lowest BCUT2D eigenvalue weighted by molar-refractivity contribution is 0.0593. The lowest BCUT2D eigenvalue weighted by Gasteiger charge is -2.06. The predicted octanol–water partition coefficient (Wildman–Crippen LogP) is 1.30. The normalized spacial score (nSPS) is 10.1. The van der Waals surface area contributed by atoms with E-state index >= 15 is 0 Å². The number of rotatable bonds is 4. The Bertz CT molecular complexity index is 322. The molecule has 0 atom stereocenters. The van der Waals surface area contributed by atoms with Crippen LogP contribution in [-0.4, -0.2) is 29.7 Å². The fourth-order valence-corrected chi connectivity index (χ4v) is 0.853. The molecular formula is C10H14N2O3. The van der Waals surface area contributed by atoms with Gasteiger partial charge in [0.15, 0.2) is 5.69 Å². The van der Waals surface area contributed by atoms with Gasteiger partial charge in [-0.25, -0.2) is 14.8 Å². The molecule has 1 aromatic heterocycles. The number of hydrogen-bond donors (Lipinski definition) is 0. The van der Waals surface area contributed by atoms with E-state index in [9.17, 15) is 4.79 Å². The highest BCUT2D eigenvalue weighted by Crippen LogP contribution is 2.06. The largest absolute Gasteiger partial charge is 0.476 e. The van der Waals surface area contributed by atoms with E-state index in [1.807, 2.05) is 13.8 Å². The van der Waals surface area contributed by atoms with Gasteiger partial charge in [-0.1, -0.05) is 13.8 Å². The number of ether oxygens (including phenoxy) is 2. The van der Waals surface area contributed by atoms with Crippen LogP contribution in [-0.2, 0) is 4.74 Å². The van der Waals surface area contributed by atoms with E-state index in [-0.39, 0.29) is 5.69 Å². The summed E-state index contributed by atoms with van der Waals surface area (Å²) in [5.74, 6) is 0.335. The smallest absolute Gasteiger partial charge is 0.358 e. The zero-order valence-electron chi connectivity index (χ0n) is 9.06. The van der Waals surface area contributed by atoms with Crippen molar-refractivity contribution < 1.29 is 14.3 Å². The number of carbonyl (C=O) groups excluding carboxylic acids is 1. The van der Waals surface area contributed by atoms with Gasteiger partial charge in [-0.3, -0.25) is 0 Å². The van der Waals surface area contributed by atoms with E-state index in [2.05, 4.69) is 14.7 Å². The molecule has 0 fully saturated rings. The lowest BCUT2D eigenvalue weighted by Crippen LogP contribution is -2.08. The minimum absolute atomic E-state index is 0.175. The Hall–Kier alpha value is -1.65. The molecule has 82 valence electrons. The fraction of sp³-hybridized carbons (Fsp3) is 0.500. The average Bonchev–Trinajstić information content (AvgIpc) is 2.26. The lowest BCUT2D eigenvalue weighted by atomic mass is 10.2. The molecule has 1 heterocycles. The van der Waals surface area contributed by atoms with Gasteiger partial charge in [-0.15, -0.1) is 0 Å². The second kappa shape index (κ2) is 5.29. The first-order chi connectivity index (χ1) is 7.13. The summed E-state index contributed by atoms with van der Waals surface area (Å²) >= 11 is 0. The maximum atomic E-state index is 11.0. The summed E-state index contributed by atoms with van der Waals surface area (Å²) in [6.07, 6.45) is 2.75. The maximum absolute atomic E-state index is 11.0. The van der Waals surface area contributed by atoms with Crippen LogP contribution in [0.3, 0.4) is 0 Å². The third kappa shape index (κ3) is 3.53. The van der Waals surface area contributed by atoms with E-state index in [4.69, 9.17) is 4.74 Å². The van der Waals surface area contributed by atoms with Crippen LogP contribution in [0.2, 0.25) is 0 Å². The number of esters is 1. The predicted molar refractivity (Wildman–Crippen MR) is 53.7 cm³/mol. The van der Waals surface area contributed by atoms with Crippen molar-refractivity contribution in [2.75, 3.05) is 13.7 Å². The second-order valence-electron chi connectivity index (χ2n) is 3.44. The van der Waals surface area contributed by atoms with Crippen molar-refractivity contribution in [3.8, 4) is 5.88 Å². The topological polar surface area (TPSA) is 61.3 Å². The van der Waals surface area contributed by atoms with E-state index < -0.39 is 5.97 Å². The van der Waals surface area contributed by atoms with Gasteiger partial charge in [-0.05, 0) is 5.92 Å².